The zero-order chi connectivity index (χ0) is 19.2. The average molecular weight is 367 g/mol. The largest absolute Gasteiger partial charge is 0.289 e. The van der Waals surface area contributed by atoms with Crippen LogP contribution in [0, 0.1) is 11.7 Å². The zero-order valence-electron chi connectivity index (χ0n) is 16.1. The van der Waals surface area contributed by atoms with Gasteiger partial charge in [0.05, 0.1) is 12.6 Å². The predicted octanol–water partition coefficient (Wildman–Crippen LogP) is 4.08. The Kier molecular flexibility index (Phi) is 6.29. The molecule has 1 atom stereocenters. The van der Waals surface area contributed by atoms with Gasteiger partial charge in [0.2, 0.25) is 0 Å². The first-order chi connectivity index (χ1) is 13.1. The van der Waals surface area contributed by atoms with Gasteiger partial charge >= 0.3 is 0 Å². The van der Waals surface area contributed by atoms with Crippen LogP contribution in [-0.4, -0.2) is 31.7 Å². The van der Waals surface area contributed by atoms with E-state index in [-0.39, 0.29) is 11.9 Å². The molecule has 0 saturated heterocycles. The van der Waals surface area contributed by atoms with Gasteiger partial charge in [0.15, 0.2) is 5.82 Å². The van der Waals surface area contributed by atoms with E-state index < -0.39 is 0 Å². The second-order valence-corrected chi connectivity index (χ2v) is 7.06. The molecule has 0 radical (unpaired) electrons. The maximum Gasteiger partial charge on any atom is 0.169 e. The van der Waals surface area contributed by atoms with Crippen LogP contribution in [0.2, 0.25) is 0 Å². The van der Waals surface area contributed by atoms with Crippen molar-refractivity contribution in [1.82, 2.24) is 25.1 Å². The number of halogens is 1. The van der Waals surface area contributed by atoms with E-state index in [0.29, 0.717) is 12.5 Å². The topological polar surface area (TPSA) is 46.8 Å². The molecule has 142 valence electrons. The Balaban J connectivity index is 1.86. The number of nitrogens with zero attached hydrogens (tertiary/aromatic N) is 5. The number of aromatic nitrogens is 4. The highest BCUT2D eigenvalue weighted by Gasteiger charge is 2.28. The van der Waals surface area contributed by atoms with Crippen molar-refractivity contribution in [2.45, 2.75) is 39.9 Å². The average Bonchev–Trinajstić information content (AvgIpc) is 3.11. The van der Waals surface area contributed by atoms with Crippen LogP contribution >= 0.6 is 0 Å². The van der Waals surface area contributed by atoms with Gasteiger partial charge in [-0.3, -0.25) is 4.90 Å². The predicted molar refractivity (Wildman–Crippen MR) is 103 cm³/mol. The van der Waals surface area contributed by atoms with Gasteiger partial charge in [-0.05, 0) is 46.1 Å². The Hall–Kier alpha value is -2.60. The van der Waals surface area contributed by atoms with Crippen LogP contribution in [0.25, 0.3) is 0 Å². The van der Waals surface area contributed by atoms with E-state index in [1.54, 1.807) is 12.1 Å². The number of tetrazole rings is 1. The third-order valence-corrected chi connectivity index (χ3v) is 4.73. The molecule has 0 aliphatic carbocycles. The van der Waals surface area contributed by atoms with Crippen LogP contribution < -0.4 is 0 Å². The van der Waals surface area contributed by atoms with E-state index in [2.05, 4.69) is 65.5 Å². The third-order valence-electron chi connectivity index (χ3n) is 4.73. The Labute approximate surface area is 159 Å². The number of rotatable bonds is 8. The fraction of sp³-hybridized carbons (Fsp3) is 0.381. The summed E-state index contributed by atoms with van der Waals surface area (Å²) < 4.78 is 15.0. The Morgan fingerprint density at radius 2 is 1.70 bits per heavy atom. The molecule has 6 heteroatoms. The van der Waals surface area contributed by atoms with Crippen LogP contribution in [0.5, 0.6) is 0 Å². The van der Waals surface area contributed by atoms with Crippen LogP contribution in [-0.2, 0) is 13.1 Å². The molecule has 0 bridgehead atoms. The highest BCUT2D eigenvalue weighted by Crippen LogP contribution is 2.28. The van der Waals surface area contributed by atoms with Crippen LogP contribution in [0.1, 0.15) is 43.8 Å². The maximum atomic E-state index is 13.2. The summed E-state index contributed by atoms with van der Waals surface area (Å²) in [6.45, 7) is 8.79. The summed E-state index contributed by atoms with van der Waals surface area (Å²) in [6.07, 6.45) is 0. The molecule has 3 aromatic rings. The molecular weight excluding hydrogens is 341 g/mol. The summed E-state index contributed by atoms with van der Waals surface area (Å²) in [5.41, 5.74) is 2.24. The molecule has 0 fully saturated rings. The van der Waals surface area contributed by atoms with Crippen LogP contribution in [0.15, 0.2) is 54.6 Å². The van der Waals surface area contributed by atoms with Crippen molar-refractivity contribution in [3.63, 3.8) is 0 Å². The van der Waals surface area contributed by atoms with Gasteiger partial charge in [-0.1, -0.05) is 63.2 Å². The van der Waals surface area contributed by atoms with Crippen molar-refractivity contribution in [3.8, 4) is 0 Å². The van der Waals surface area contributed by atoms with Crippen LogP contribution in [0.4, 0.5) is 4.39 Å². The smallest absolute Gasteiger partial charge is 0.169 e. The molecule has 0 aliphatic heterocycles. The summed E-state index contributed by atoms with van der Waals surface area (Å²) in [6, 6.07) is 17.0. The van der Waals surface area contributed by atoms with Gasteiger partial charge in [-0.2, -0.15) is 0 Å². The van der Waals surface area contributed by atoms with Crippen molar-refractivity contribution >= 4 is 0 Å². The fourth-order valence-electron chi connectivity index (χ4n) is 3.41. The molecule has 1 aromatic heterocycles. The van der Waals surface area contributed by atoms with Gasteiger partial charge in [0, 0.05) is 6.54 Å². The molecule has 27 heavy (non-hydrogen) atoms. The van der Waals surface area contributed by atoms with E-state index >= 15 is 0 Å². The summed E-state index contributed by atoms with van der Waals surface area (Å²) in [4.78, 5) is 2.40. The van der Waals surface area contributed by atoms with Gasteiger partial charge in [-0.25, -0.2) is 9.07 Å². The molecule has 0 saturated carbocycles. The minimum absolute atomic E-state index is 0.0886. The normalized spacial score (nSPS) is 12.7. The second kappa shape index (κ2) is 8.86. The molecule has 5 nitrogen and oxygen atoms in total. The first-order valence-corrected chi connectivity index (χ1v) is 9.37. The van der Waals surface area contributed by atoms with E-state index in [1.165, 1.54) is 17.7 Å². The molecule has 1 heterocycles. The lowest BCUT2D eigenvalue weighted by atomic mass is 10.0. The summed E-state index contributed by atoms with van der Waals surface area (Å²) in [5.74, 6) is 0.939. The van der Waals surface area contributed by atoms with E-state index in [4.69, 9.17) is 0 Å². The van der Waals surface area contributed by atoms with Crippen LogP contribution in [0.3, 0.4) is 0 Å². The molecule has 3 rings (SSSR count). The van der Waals surface area contributed by atoms with Gasteiger partial charge < -0.3 is 0 Å². The molecule has 0 N–H and O–H groups in total. The lowest BCUT2D eigenvalue weighted by Crippen LogP contribution is -2.34. The standard InChI is InChI=1S/C21H26FN5/c1-4-26(14-17-8-6-5-7-9-17)20(16(2)3)21-23-24-25-27(21)15-18-10-12-19(22)13-11-18/h5-13,16,20H,4,14-15H2,1-3H3/t20-/m1/s1. The summed E-state index contributed by atoms with van der Waals surface area (Å²) >= 11 is 0. The van der Waals surface area contributed by atoms with Crippen molar-refractivity contribution in [1.29, 1.82) is 0 Å². The SMILES string of the molecule is CCN(Cc1ccccc1)[C@@H](c1nnnn1Cc1ccc(F)cc1)C(C)C. The number of hydrogen-bond donors (Lipinski definition) is 0. The Morgan fingerprint density at radius 1 is 1.00 bits per heavy atom. The zero-order valence-corrected chi connectivity index (χ0v) is 16.1. The molecule has 2 aromatic carbocycles. The number of benzene rings is 2. The molecule has 0 aliphatic rings. The minimum atomic E-state index is -0.240. The first-order valence-electron chi connectivity index (χ1n) is 9.37. The fourth-order valence-corrected chi connectivity index (χ4v) is 3.41. The third kappa shape index (κ3) is 4.77. The summed E-state index contributed by atoms with van der Waals surface area (Å²) in [5, 5.41) is 12.5. The lowest BCUT2D eigenvalue weighted by molar-refractivity contribution is 0.142. The van der Waals surface area contributed by atoms with Crippen molar-refractivity contribution in [2.75, 3.05) is 6.54 Å². The van der Waals surface area contributed by atoms with Gasteiger partial charge in [0.25, 0.3) is 0 Å². The first kappa shape index (κ1) is 19.2. The van der Waals surface area contributed by atoms with Crippen molar-refractivity contribution in [2.24, 2.45) is 5.92 Å². The van der Waals surface area contributed by atoms with Gasteiger partial charge in [0.1, 0.15) is 5.82 Å². The van der Waals surface area contributed by atoms with E-state index in [9.17, 15) is 4.39 Å². The molecule has 0 spiro atoms. The molecule has 0 unspecified atom stereocenters. The quantitative estimate of drug-likeness (QED) is 0.602. The monoisotopic (exact) mass is 367 g/mol. The molecule has 0 amide bonds. The Bertz CT molecular complexity index is 829. The van der Waals surface area contributed by atoms with E-state index in [1.807, 2.05) is 10.7 Å². The maximum absolute atomic E-state index is 13.2. The molecular formula is C21H26FN5. The second-order valence-electron chi connectivity index (χ2n) is 7.06. The van der Waals surface area contributed by atoms with E-state index in [0.717, 1.165) is 24.5 Å². The highest BCUT2D eigenvalue weighted by atomic mass is 19.1. The van der Waals surface area contributed by atoms with Gasteiger partial charge in [-0.15, -0.1) is 5.10 Å². The highest BCUT2D eigenvalue weighted by molar-refractivity contribution is 5.17. The van der Waals surface area contributed by atoms with Crippen molar-refractivity contribution in [3.05, 3.63) is 77.4 Å². The minimum Gasteiger partial charge on any atom is -0.289 e. The summed E-state index contributed by atoms with van der Waals surface area (Å²) in [7, 11) is 0. The Morgan fingerprint density at radius 3 is 2.33 bits per heavy atom. The lowest BCUT2D eigenvalue weighted by Gasteiger charge is -2.32. The number of hydrogen-bond acceptors (Lipinski definition) is 4. The van der Waals surface area contributed by atoms with Crippen molar-refractivity contribution < 1.29 is 4.39 Å².